The summed E-state index contributed by atoms with van der Waals surface area (Å²) in [6.45, 7) is 0. The van der Waals surface area contributed by atoms with Crippen molar-refractivity contribution in [2.75, 3.05) is 0 Å². The molecule has 0 aliphatic carbocycles. The van der Waals surface area contributed by atoms with Gasteiger partial charge in [-0.15, -0.1) is 0 Å². The number of hydrogen-bond acceptors (Lipinski definition) is 2. The quantitative estimate of drug-likeness (QED) is 0.533. The van der Waals surface area contributed by atoms with Crippen LogP contribution >= 0.6 is 45.2 Å². The van der Waals surface area contributed by atoms with E-state index in [0.717, 1.165) is 21.2 Å². The molecule has 0 aromatic heterocycles. The largest absolute Gasteiger partial charge is 0.255 e. The number of fused-ring (bicyclic) bond motifs is 2. The van der Waals surface area contributed by atoms with E-state index in [1.807, 2.05) is 24.5 Å². The van der Waals surface area contributed by atoms with Gasteiger partial charge in [0.2, 0.25) is 0 Å². The number of hydrogen-bond donors (Lipinski definition) is 0. The van der Waals surface area contributed by atoms with Gasteiger partial charge in [-0.25, -0.2) is 0 Å². The molecule has 2 aromatic carbocycles. The van der Waals surface area contributed by atoms with Crippen LogP contribution in [0.3, 0.4) is 0 Å². The fourth-order valence-electron chi connectivity index (χ4n) is 1.77. The summed E-state index contributed by atoms with van der Waals surface area (Å²) < 4.78 is 2.38. The Morgan fingerprint density at radius 2 is 1.11 bits per heavy atom. The molecule has 1 aliphatic heterocycles. The molecule has 0 spiro atoms. The van der Waals surface area contributed by atoms with E-state index in [-0.39, 0.29) is 0 Å². The van der Waals surface area contributed by atoms with E-state index in [0.29, 0.717) is 0 Å². The van der Waals surface area contributed by atoms with Crippen molar-refractivity contribution in [1.82, 2.24) is 0 Å². The Hall–Kier alpha value is -0.760. The zero-order valence-electron chi connectivity index (χ0n) is 9.27. The average molecular weight is 458 g/mol. The molecule has 0 saturated heterocycles. The van der Waals surface area contributed by atoms with Gasteiger partial charge in [0, 0.05) is 30.0 Å². The molecule has 2 nitrogen and oxygen atoms in total. The summed E-state index contributed by atoms with van der Waals surface area (Å²) in [7, 11) is 0. The van der Waals surface area contributed by atoms with Crippen LogP contribution in [0.15, 0.2) is 46.4 Å². The van der Waals surface area contributed by atoms with Crippen LogP contribution in [0, 0.1) is 7.14 Å². The zero-order valence-corrected chi connectivity index (χ0v) is 13.6. The fraction of sp³-hybridized carbons (Fsp3) is 0. The second kappa shape index (κ2) is 5.08. The maximum atomic E-state index is 4.55. The smallest absolute Gasteiger partial charge is 0.0718 e. The summed E-state index contributed by atoms with van der Waals surface area (Å²) in [5.41, 5.74) is 0. The van der Waals surface area contributed by atoms with Crippen LogP contribution in [0.2, 0.25) is 0 Å². The number of benzene rings is 2. The lowest BCUT2D eigenvalue weighted by Crippen LogP contribution is -2.30. The highest BCUT2D eigenvalue weighted by atomic mass is 127. The second-order valence-corrected chi connectivity index (χ2v) is 6.41. The first-order chi connectivity index (χ1) is 8.72. The minimum absolute atomic E-state index is 0.962. The Kier molecular flexibility index (Phi) is 3.47. The molecule has 0 fully saturated rings. The Morgan fingerprint density at radius 3 is 1.56 bits per heavy atom. The first-order valence-electron chi connectivity index (χ1n) is 5.39. The van der Waals surface area contributed by atoms with E-state index < -0.39 is 0 Å². The summed E-state index contributed by atoms with van der Waals surface area (Å²) in [6, 6.07) is 12.4. The third kappa shape index (κ3) is 2.49. The summed E-state index contributed by atoms with van der Waals surface area (Å²) in [5, 5.41) is 4.04. The van der Waals surface area contributed by atoms with Gasteiger partial charge in [0.05, 0.1) is 10.7 Å². The Labute approximate surface area is 131 Å². The monoisotopic (exact) mass is 458 g/mol. The molecule has 4 heteroatoms. The van der Waals surface area contributed by atoms with Crippen LogP contribution in [0.25, 0.3) is 12.4 Å². The van der Waals surface area contributed by atoms with Crippen LogP contribution in [0.5, 0.6) is 0 Å². The van der Waals surface area contributed by atoms with E-state index in [4.69, 9.17) is 0 Å². The lowest BCUT2D eigenvalue weighted by atomic mass is 10.2. The SMILES string of the molecule is Ic1ccc2c(c1)=CN=c1ccc(I)cc1=CN=2. The Bertz CT molecular complexity index is 781. The molecule has 0 amide bonds. The van der Waals surface area contributed by atoms with Crippen molar-refractivity contribution < 1.29 is 0 Å². The average Bonchev–Trinajstić information content (AvgIpc) is 2.34. The van der Waals surface area contributed by atoms with Crippen molar-refractivity contribution in [1.29, 1.82) is 0 Å². The standard InChI is InChI=1S/C14H8I2N2/c15-11-1-3-13-9(5-11)7-18-14-4-2-12(16)6-10(14)8-17-13/h1-8H. The molecule has 1 heterocycles. The molecule has 0 radical (unpaired) electrons. The van der Waals surface area contributed by atoms with Crippen LogP contribution in [-0.2, 0) is 0 Å². The lowest BCUT2D eigenvalue weighted by molar-refractivity contribution is 1.26. The summed E-state index contributed by atoms with van der Waals surface area (Å²) in [6.07, 6.45) is 3.78. The van der Waals surface area contributed by atoms with Crippen LogP contribution in [0.4, 0.5) is 0 Å². The first kappa shape index (κ1) is 12.3. The van der Waals surface area contributed by atoms with Gasteiger partial charge in [-0.05, 0) is 81.6 Å². The van der Waals surface area contributed by atoms with Gasteiger partial charge in [-0.3, -0.25) is 9.98 Å². The minimum Gasteiger partial charge on any atom is -0.255 e. The van der Waals surface area contributed by atoms with Crippen LogP contribution in [-0.4, -0.2) is 0 Å². The normalized spacial score (nSPS) is 12.6. The minimum atomic E-state index is 0.962. The van der Waals surface area contributed by atoms with Gasteiger partial charge in [0.1, 0.15) is 0 Å². The Morgan fingerprint density at radius 1 is 0.667 bits per heavy atom. The van der Waals surface area contributed by atoms with Crippen molar-refractivity contribution in [3.63, 3.8) is 0 Å². The van der Waals surface area contributed by atoms with Crippen molar-refractivity contribution in [2.45, 2.75) is 0 Å². The molecule has 0 bridgehead atoms. The zero-order chi connectivity index (χ0) is 12.5. The summed E-state index contributed by atoms with van der Waals surface area (Å²) >= 11 is 4.60. The predicted octanol–water partition coefficient (Wildman–Crippen LogP) is 1.32. The number of halogens is 2. The summed E-state index contributed by atoms with van der Waals surface area (Å²) in [4.78, 5) is 9.09. The Balaban J connectivity index is 2.40. The van der Waals surface area contributed by atoms with E-state index in [9.17, 15) is 0 Å². The maximum absolute atomic E-state index is 4.55. The van der Waals surface area contributed by atoms with Gasteiger partial charge >= 0.3 is 0 Å². The molecule has 0 saturated carbocycles. The molecular weight excluding hydrogens is 450 g/mol. The van der Waals surface area contributed by atoms with E-state index in [1.165, 1.54) is 7.14 Å². The van der Waals surface area contributed by atoms with Gasteiger partial charge in [0.25, 0.3) is 0 Å². The molecule has 18 heavy (non-hydrogen) atoms. The van der Waals surface area contributed by atoms with E-state index in [2.05, 4.69) is 79.4 Å². The van der Waals surface area contributed by atoms with Crippen molar-refractivity contribution in [3.8, 4) is 0 Å². The topological polar surface area (TPSA) is 24.7 Å². The van der Waals surface area contributed by atoms with Crippen LogP contribution in [0.1, 0.15) is 0 Å². The van der Waals surface area contributed by atoms with E-state index >= 15 is 0 Å². The fourth-order valence-corrected chi connectivity index (χ4v) is 2.80. The van der Waals surface area contributed by atoms with Crippen LogP contribution < -0.4 is 21.2 Å². The van der Waals surface area contributed by atoms with Crippen molar-refractivity contribution in [2.24, 2.45) is 9.98 Å². The highest BCUT2D eigenvalue weighted by molar-refractivity contribution is 14.1. The molecule has 88 valence electrons. The highest BCUT2D eigenvalue weighted by Crippen LogP contribution is 1.97. The number of nitrogens with zero attached hydrogens (tertiary/aromatic N) is 2. The van der Waals surface area contributed by atoms with Gasteiger partial charge < -0.3 is 0 Å². The highest BCUT2D eigenvalue weighted by Gasteiger charge is 1.94. The number of rotatable bonds is 0. The molecule has 3 rings (SSSR count). The third-order valence-electron chi connectivity index (χ3n) is 2.66. The lowest BCUT2D eigenvalue weighted by Gasteiger charge is -1.96. The second-order valence-electron chi connectivity index (χ2n) is 3.92. The van der Waals surface area contributed by atoms with Crippen molar-refractivity contribution in [3.05, 3.63) is 64.7 Å². The molecule has 0 atom stereocenters. The summed E-state index contributed by atoms with van der Waals surface area (Å²) in [5.74, 6) is 0. The third-order valence-corrected chi connectivity index (χ3v) is 4.01. The van der Waals surface area contributed by atoms with Gasteiger partial charge in [-0.1, -0.05) is 0 Å². The first-order valence-corrected chi connectivity index (χ1v) is 7.55. The molecule has 0 N–H and O–H groups in total. The molecule has 1 aliphatic rings. The molecular formula is C14H8I2N2. The van der Waals surface area contributed by atoms with Crippen molar-refractivity contribution >= 4 is 57.6 Å². The molecule has 2 aromatic rings. The van der Waals surface area contributed by atoms with Gasteiger partial charge in [-0.2, -0.15) is 0 Å². The van der Waals surface area contributed by atoms with E-state index in [1.54, 1.807) is 0 Å². The van der Waals surface area contributed by atoms with Gasteiger partial charge in [0.15, 0.2) is 0 Å². The molecule has 0 unspecified atom stereocenters. The predicted molar refractivity (Wildman–Crippen MR) is 88.8 cm³/mol. The maximum Gasteiger partial charge on any atom is 0.0718 e.